The van der Waals surface area contributed by atoms with E-state index in [0.717, 1.165) is 17.7 Å². The lowest BCUT2D eigenvalue weighted by Crippen LogP contribution is -2.43. The van der Waals surface area contributed by atoms with E-state index >= 15 is 0 Å². The Bertz CT molecular complexity index is 976. The Morgan fingerprint density at radius 1 is 1.09 bits per heavy atom. The van der Waals surface area contributed by atoms with Gasteiger partial charge in [-0.2, -0.15) is 5.10 Å². The zero-order valence-electron chi connectivity index (χ0n) is 21.5. The van der Waals surface area contributed by atoms with Crippen molar-refractivity contribution >= 4 is 19.9 Å². The van der Waals surface area contributed by atoms with Gasteiger partial charge in [-0.3, -0.25) is 4.79 Å². The summed E-state index contributed by atoms with van der Waals surface area (Å²) in [4.78, 5) is 12.5. The van der Waals surface area contributed by atoms with Gasteiger partial charge in [-0.25, -0.2) is 4.68 Å². The maximum absolute atomic E-state index is 12.5. The number of aromatic nitrogens is 2. The first-order valence-corrected chi connectivity index (χ1v) is 14.7. The van der Waals surface area contributed by atoms with Crippen LogP contribution in [0.2, 0.25) is 23.2 Å². The number of ether oxygens (including phenoxy) is 2. The molecule has 0 amide bonds. The lowest BCUT2D eigenvalue weighted by Gasteiger charge is -2.37. The minimum Gasteiger partial charge on any atom is -0.488 e. The van der Waals surface area contributed by atoms with Gasteiger partial charge in [-0.05, 0) is 63.0 Å². The predicted octanol–water partition coefficient (Wildman–Crippen LogP) is 6.41. The standard InChI is InChI=1S/C25H39ClN2O4Si/c1-10-19(17-31-33(8,9)25(5,6)7)32-20-13-11-18(12-14-20)16-30-21-15-27-28(24(2,3)4)23(29)22(21)26/h11-15,19H,10,16-17H2,1-9H3. The van der Waals surface area contributed by atoms with E-state index in [9.17, 15) is 4.79 Å². The van der Waals surface area contributed by atoms with Crippen LogP contribution >= 0.6 is 11.6 Å². The van der Waals surface area contributed by atoms with Crippen LogP contribution in [0.3, 0.4) is 0 Å². The number of hydrogen-bond acceptors (Lipinski definition) is 5. The van der Waals surface area contributed by atoms with Crippen molar-refractivity contribution in [2.45, 2.75) is 91.3 Å². The topological polar surface area (TPSA) is 62.6 Å². The van der Waals surface area contributed by atoms with Crippen molar-refractivity contribution < 1.29 is 13.9 Å². The molecule has 0 saturated carbocycles. The molecule has 1 heterocycles. The molecule has 0 N–H and O–H groups in total. The monoisotopic (exact) mass is 494 g/mol. The first-order chi connectivity index (χ1) is 15.2. The van der Waals surface area contributed by atoms with Crippen LogP contribution in [-0.4, -0.2) is 30.8 Å². The summed E-state index contributed by atoms with van der Waals surface area (Å²) >= 11 is 6.23. The highest BCUT2D eigenvalue weighted by Crippen LogP contribution is 2.36. The van der Waals surface area contributed by atoms with E-state index in [1.165, 1.54) is 10.9 Å². The Kier molecular flexibility index (Phi) is 8.82. The van der Waals surface area contributed by atoms with Gasteiger partial charge in [0.2, 0.25) is 0 Å². The van der Waals surface area contributed by atoms with Gasteiger partial charge < -0.3 is 13.9 Å². The molecular formula is C25H39ClN2O4Si. The highest BCUT2D eigenvalue weighted by Gasteiger charge is 2.37. The molecular weight excluding hydrogens is 456 g/mol. The number of hydrogen-bond donors (Lipinski definition) is 0. The Morgan fingerprint density at radius 3 is 2.21 bits per heavy atom. The minimum absolute atomic E-state index is 0.000382. The van der Waals surface area contributed by atoms with Crippen LogP contribution in [0, 0.1) is 0 Å². The summed E-state index contributed by atoms with van der Waals surface area (Å²) in [5, 5.41) is 4.40. The highest BCUT2D eigenvalue weighted by atomic mass is 35.5. The second-order valence-electron chi connectivity index (χ2n) is 10.9. The molecule has 1 aromatic carbocycles. The SMILES string of the molecule is CCC(CO[Si](C)(C)C(C)(C)C)Oc1ccc(COc2cnn(C(C)(C)C)c(=O)c2Cl)cc1. The van der Waals surface area contributed by atoms with E-state index in [0.29, 0.717) is 6.61 Å². The summed E-state index contributed by atoms with van der Waals surface area (Å²) in [7, 11) is -1.81. The fraction of sp³-hybridized carbons (Fsp3) is 0.600. The molecule has 1 unspecified atom stereocenters. The zero-order valence-corrected chi connectivity index (χ0v) is 23.2. The molecule has 1 aromatic heterocycles. The highest BCUT2D eigenvalue weighted by molar-refractivity contribution is 6.74. The quantitative estimate of drug-likeness (QED) is 0.377. The molecule has 1 atom stereocenters. The van der Waals surface area contributed by atoms with Gasteiger partial charge in [-0.15, -0.1) is 0 Å². The van der Waals surface area contributed by atoms with Crippen molar-refractivity contribution in [1.82, 2.24) is 9.78 Å². The molecule has 2 aromatic rings. The average Bonchev–Trinajstić information content (AvgIpc) is 2.71. The Labute approximate surface area is 204 Å². The fourth-order valence-electron chi connectivity index (χ4n) is 2.77. The Hall–Kier alpha value is -1.83. The van der Waals surface area contributed by atoms with Crippen LogP contribution in [0.5, 0.6) is 11.5 Å². The predicted molar refractivity (Wildman–Crippen MR) is 137 cm³/mol. The summed E-state index contributed by atoms with van der Waals surface area (Å²) in [5.74, 6) is 1.06. The lowest BCUT2D eigenvalue weighted by molar-refractivity contribution is 0.117. The number of rotatable bonds is 9. The molecule has 0 aliphatic carbocycles. The smallest absolute Gasteiger partial charge is 0.289 e. The number of nitrogens with zero attached hydrogens (tertiary/aromatic N) is 2. The summed E-state index contributed by atoms with van der Waals surface area (Å²) in [6.45, 7) is 19.9. The summed E-state index contributed by atoms with van der Waals surface area (Å²) < 4.78 is 19.6. The van der Waals surface area contributed by atoms with E-state index < -0.39 is 13.9 Å². The molecule has 0 aliphatic rings. The third-order valence-corrected chi connectivity index (χ3v) is 10.9. The van der Waals surface area contributed by atoms with Crippen molar-refractivity contribution in [3.8, 4) is 11.5 Å². The largest absolute Gasteiger partial charge is 0.488 e. The van der Waals surface area contributed by atoms with Crippen molar-refractivity contribution in [3.63, 3.8) is 0 Å². The van der Waals surface area contributed by atoms with Crippen LogP contribution in [0.25, 0.3) is 0 Å². The molecule has 0 bridgehead atoms. The van der Waals surface area contributed by atoms with Crippen molar-refractivity contribution in [1.29, 1.82) is 0 Å². The van der Waals surface area contributed by atoms with Crippen molar-refractivity contribution in [2.75, 3.05) is 6.61 Å². The molecule has 33 heavy (non-hydrogen) atoms. The molecule has 6 nitrogen and oxygen atoms in total. The van der Waals surface area contributed by atoms with Gasteiger partial charge in [0.15, 0.2) is 19.1 Å². The molecule has 8 heteroatoms. The van der Waals surface area contributed by atoms with Crippen LogP contribution in [0.1, 0.15) is 60.5 Å². The third-order valence-electron chi connectivity index (χ3n) is 6.03. The molecule has 0 fully saturated rings. The Balaban J connectivity index is 1.98. The minimum atomic E-state index is -1.81. The van der Waals surface area contributed by atoms with Crippen molar-refractivity contribution in [3.05, 3.63) is 51.4 Å². The molecule has 0 saturated heterocycles. The molecule has 0 aliphatic heterocycles. The molecule has 2 rings (SSSR count). The summed E-state index contributed by atoms with van der Waals surface area (Å²) in [6, 6.07) is 7.72. The first-order valence-electron chi connectivity index (χ1n) is 11.5. The van der Waals surface area contributed by atoms with E-state index in [4.69, 9.17) is 25.5 Å². The lowest BCUT2D eigenvalue weighted by atomic mass is 10.1. The van der Waals surface area contributed by atoms with Gasteiger partial charge in [0, 0.05) is 0 Å². The van der Waals surface area contributed by atoms with Crippen LogP contribution < -0.4 is 15.0 Å². The fourth-order valence-corrected chi connectivity index (χ4v) is 3.99. The van der Waals surface area contributed by atoms with E-state index in [-0.39, 0.29) is 34.1 Å². The third kappa shape index (κ3) is 7.32. The van der Waals surface area contributed by atoms with Crippen LogP contribution in [0.15, 0.2) is 35.3 Å². The van der Waals surface area contributed by atoms with Gasteiger partial charge in [-0.1, -0.05) is 51.4 Å². The van der Waals surface area contributed by atoms with Gasteiger partial charge >= 0.3 is 0 Å². The van der Waals surface area contributed by atoms with E-state index in [2.05, 4.69) is 45.9 Å². The number of halogens is 1. The van der Waals surface area contributed by atoms with E-state index in [1.807, 2.05) is 45.0 Å². The maximum atomic E-state index is 12.5. The average molecular weight is 495 g/mol. The zero-order chi connectivity index (χ0) is 25.0. The van der Waals surface area contributed by atoms with Gasteiger partial charge in [0.1, 0.15) is 18.5 Å². The van der Waals surface area contributed by atoms with Crippen molar-refractivity contribution in [2.24, 2.45) is 0 Å². The Morgan fingerprint density at radius 2 is 1.70 bits per heavy atom. The first kappa shape index (κ1) is 27.4. The normalized spacial score (nSPS) is 13.6. The molecule has 0 radical (unpaired) electrons. The maximum Gasteiger partial charge on any atom is 0.289 e. The second-order valence-corrected chi connectivity index (χ2v) is 16.0. The van der Waals surface area contributed by atoms with E-state index in [1.54, 1.807) is 0 Å². The number of benzene rings is 1. The summed E-state index contributed by atoms with van der Waals surface area (Å²) in [6.07, 6.45) is 2.35. The van der Waals surface area contributed by atoms with Gasteiger partial charge in [0.25, 0.3) is 5.56 Å². The molecule has 184 valence electrons. The summed E-state index contributed by atoms with van der Waals surface area (Å²) in [5.41, 5.74) is 0.112. The van der Waals surface area contributed by atoms with Crippen LogP contribution in [0.4, 0.5) is 0 Å². The second kappa shape index (κ2) is 10.6. The molecule has 0 spiro atoms. The van der Waals surface area contributed by atoms with Gasteiger partial charge in [0.05, 0.1) is 18.3 Å². The van der Waals surface area contributed by atoms with Crippen LogP contribution in [-0.2, 0) is 16.6 Å².